The first-order chi connectivity index (χ1) is 18.6. The normalized spacial score (nSPS) is 28.9. The van der Waals surface area contributed by atoms with Crippen molar-refractivity contribution in [3.8, 4) is 0 Å². The van der Waals surface area contributed by atoms with Crippen LogP contribution < -0.4 is 16.0 Å². The van der Waals surface area contributed by atoms with Crippen molar-refractivity contribution in [2.75, 3.05) is 13.1 Å². The fourth-order valence-electron chi connectivity index (χ4n) is 6.89. The molecule has 2 saturated heterocycles. The average Bonchev–Trinajstić information content (AvgIpc) is 3.61. The van der Waals surface area contributed by atoms with Crippen molar-refractivity contribution in [1.29, 1.82) is 0 Å². The molecule has 2 bridgehead atoms. The van der Waals surface area contributed by atoms with Gasteiger partial charge in [-0.1, -0.05) is 57.9 Å². The highest BCUT2D eigenvalue weighted by Crippen LogP contribution is 2.33. The minimum absolute atomic E-state index is 0.0583. The van der Waals surface area contributed by atoms with Crippen LogP contribution in [0.5, 0.6) is 0 Å². The van der Waals surface area contributed by atoms with Crippen LogP contribution in [0, 0.1) is 5.41 Å². The summed E-state index contributed by atoms with van der Waals surface area (Å²) in [5.74, 6) is -0.397. The van der Waals surface area contributed by atoms with Crippen molar-refractivity contribution in [2.45, 2.75) is 109 Å². The Bertz CT molecular complexity index is 1110. The van der Waals surface area contributed by atoms with Gasteiger partial charge in [0.25, 0.3) is 0 Å². The van der Waals surface area contributed by atoms with Gasteiger partial charge in [-0.15, -0.1) is 0 Å². The molecule has 0 aromatic heterocycles. The molecule has 1 aliphatic carbocycles. The summed E-state index contributed by atoms with van der Waals surface area (Å²) in [4.78, 5) is 57.6. The summed E-state index contributed by atoms with van der Waals surface area (Å²) in [6.45, 7) is 7.29. The zero-order valence-corrected chi connectivity index (χ0v) is 23.5. The number of fused-ring (bicyclic) bond motifs is 4. The summed E-state index contributed by atoms with van der Waals surface area (Å²) in [7, 11) is 0. The Morgan fingerprint density at radius 3 is 2.44 bits per heavy atom. The fraction of sp³-hybridized carbons (Fsp3) is 0.667. The molecule has 3 aliphatic heterocycles. The molecule has 0 spiro atoms. The summed E-state index contributed by atoms with van der Waals surface area (Å²) in [6.07, 6.45) is 5.94. The number of carbonyl (C=O) groups is 4. The smallest absolute Gasteiger partial charge is 0.243 e. The molecule has 4 aliphatic rings. The van der Waals surface area contributed by atoms with E-state index in [1.54, 1.807) is 4.90 Å². The van der Waals surface area contributed by atoms with Gasteiger partial charge in [-0.3, -0.25) is 24.1 Å². The lowest BCUT2D eigenvalue weighted by Crippen LogP contribution is -2.53. The molecule has 3 fully saturated rings. The number of nitrogens with zero attached hydrogens (tertiary/aromatic N) is 2. The third-order valence-corrected chi connectivity index (χ3v) is 8.65. The van der Waals surface area contributed by atoms with Gasteiger partial charge in [0.2, 0.25) is 23.6 Å². The van der Waals surface area contributed by atoms with Gasteiger partial charge in [-0.05, 0) is 42.2 Å². The quantitative estimate of drug-likeness (QED) is 0.545. The number of hydrogen-bond acceptors (Lipinski definition) is 5. The van der Waals surface area contributed by atoms with Crippen LogP contribution in [0.3, 0.4) is 0 Å². The monoisotopic (exact) mass is 537 g/mol. The van der Waals surface area contributed by atoms with E-state index in [9.17, 15) is 19.2 Å². The lowest BCUT2D eigenvalue weighted by atomic mass is 9.92. The first-order valence-corrected chi connectivity index (χ1v) is 14.6. The lowest BCUT2D eigenvalue weighted by molar-refractivity contribution is -0.142. The Hall–Kier alpha value is -2.94. The standard InChI is InChI=1S/C30H43N5O4/c1-30(2,3)15-27(37)33-21-13-24-28(38)31-16-20-9-5-4-8-19(20)12-26(36)32-22-14-25(29(39)35(24)18-21)34(17-22)23-10-6-7-11-23/h4-5,8-9,21-25H,6-7,10-18H2,1-3H3,(H,31,38)(H,32,36)(H,33,37)/t21-,22-,24-,25-/m0/s1. The van der Waals surface area contributed by atoms with Gasteiger partial charge in [-0.25, -0.2) is 0 Å². The van der Waals surface area contributed by atoms with E-state index in [0.717, 1.165) is 36.8 Å². The zero-order chi connectivity index (χ0) is 27.7. The third-order valence-electron chi connectivity index (χ3n) is 8.65. The first kappa shape index (κ1) is 27.6. The van der Waals surface area contributed by atoms with Crippen LogP contribution in [0.15, 0.2) is 24.3 Å². The predicted molar refractivity (Wildman–Crippen MR) is 147 cm³/mol. The van der Waals surface area contributed by atoms with Gasteiger partial charge in [0.15, 0.2) is 0 Å². The highest BCUT2D eigenvalue weighted by atomic mass is 16.2. The molecule has 4 atom stereocenters. The van der Waals surface area contributed by atoms with E-state index >= 15 is 0 Å². The van der Waals surface area contributed by atoms with E-state index in [4.69, 9.17) is 0 Å². The molecule has 9 nitrogen and oxygen atoms in total. The first-order valence-electron chi connectivity index (χ1n) is 14.6. The molecule has 39 heavy (non-hydrogen) atoms. The van der Waals surface area contributed by atoms with Gasteiger partial charge in [0.1, 0.15) is 6.04 Å². The summed E-state index contributed by atoms with van der Waals surface area (Å²) in [5.41, 5.74) is 1.63. The maximum Gasteiger partial charge on any atom is 0.243 e. The Kier molecular flexibility index (Phi) is 7.99. The number of hydrogen-bond donors (Lipinski definition) is 3. The van der Waals surface area contributed by atoms with Crippen LogP contribution in [0.2, 0.25) is 0 Å². The van der Waals surface area contributed by atoms with Gasteiger partial charge >= 0.3 is 0 Å². The van der Waals surface area contributed by atoms with Crippen LogP contribution in [-0.4, -0.2) is 76.7 Å². The maximum absolute atomic E-state index is 14.2. The zero-order valence-electron chi connectivity index (χ0n) is 23.5. The summed E-state index contributed by atoms with van der Waals surface area (Å²) >= 11 is 0. The SMILES string of the molecule is CC(C)(C)CC(=O)N[C@H]1C[C@H]2C(=O)NCc3ccccc3CC(=O)N[C@H]3C[C@@H](C(=O)N2C1)N(C1CCCC1)C3. The minimum atomic E-state index is -0.647. The van der Waals surface area contributed by atoms with E-state index in [0.29, 0.717) is 38.4 Å². The van der Waals surface area contributed by atoms with Crippen LogP contribution in [0.1, 0.15) is 76.8 Å². The largest absolute Gasteiger partial charge is 0.352 e. The Morgan fingerprint density at radius 2 is 1.72 bits per heavy atom. The second kappa shape index (κ2) is 11.3. The average molecular weight is 538 g/mol. The highest BCUT2D eigenvalue weighted by molar-refractivity contribution is 5.91. The fourth-order valence-corrected chi connectivity index (χ4v) is 6.89. The van der Waals surface area contributed by atoms with Crippen molar-refractivity contribution in [1.82, 2.24) is 25.8 Å². The Labute approximate surface area is 231 Å². The molecule has 212 valence electrons. The number of likely N-dealkylation sites (tertiary alicyclic amines) is 1. The number of amides is 4. The summed E-state index contributed by atoms with van der Waals surface area (Å²) in [5, 5.41) is 9.33. The van der Waals surface area contributed by atoms with Crippen molar-refractivity contribution in [2.24, 2.45) is 5.41 Å². The van der Waals surface area contributed by atoms with Crippen molar-refractivity contribution < 1.29 is 19.2 Å². The van der Waals surface area contributed by atoms with Crippen LogP contribution in [-0.2, 0) is 32.1 Å². The molecule has 1 aromatic carbocycles. The number of benzene rings is 1. The Morgan fingerprint density at radius 1 is 1.00 bits per heavy atom. The number of rotatable bonds is 3. The van der Waals surface area contributed by atoms with Crippen molar-refractivity contribution in [3.05, 3.63) is 35.4 Å². The molecule has 3 heterocycles. The molecule has 1 saturated carbocycles. The Balaban J connectivity index is 1.43. The third kappa shape index (κ3) is 6.45. The van der Waals surface area contributed by atoms with E-state index in [2.05, 4.69) is 20.9 Å². The topological polar surface area (TPSA) is 111 Å². The van der Waals surface area contributed by atoms with Gasteiger partial charge in [0, 0.05) is 44.2 Å². The van der Waals surface area contributed by atoms with E-state index in [1.807, 2.05) is 45.0 Å². The molecule has 0 radical (unpaired) electrons. The summed E-state index contributed by atoms with van der Waals surface area (Å²) in [6, 6.07) is 6.57. The van der Waals surface area contributed by atoms with E-state index in [-0.39, 0.29) is 60.1 Å². The molecule has 1 aromatic rings. The lowest BCUT2D eigenvalue weighted by Gasteiger charge is -2.33. The summed E-state index contributed by atoms with van der Waals surface area (Å²) < 4.78 is 0. The molecule has 4 amide bonds. The van der Waals surface area contributed by atoms with E-state index in [1.165, 1.54) is 0 Å². The van der Waals surface area contributed by atoms with Crippen molar-refractivity contribution in [3.63, 3.8) is 0 Å². The van der Waals surface area contributed by atoms with Crippen LogP contribution >= 0.6 is 0 Å². The molecule has 3 N–H and O–H groups in total. The molecule has 0 unspecified atom stereocenters. The molecule has 9 heteroatoms. The molecular weight excluding hydrogens is 494 g/mol. The molecule has 5 rings (SSSR count). The minimum Gasteiger partial charge on any atom is -0.352 e. The predicted octanol–water partition coefficient (Wildman–Crippen LogP) is 1.88. The van der Waals surface area contributed by atoms with Crippen molar-refractivity contribution >= 4 is 23.6 Å². The second-order valence-corrected chi connectivity index (χ2v) is 13.1. The van der Waals surface area contributed by atoms with Crippen LogP contribution in [0.4, 0.5) is 0 Å². The highest BCUT2D eigenvalue weighted by Gasteiger charge is 2.48. The molecular formula is C30H43N5O4. The van der Waals surface area contributed by atoms with Crippen LogP contribution in [0.25, 0.3) is 0 Å². The second-order valence-electron chi connectivity index (χ2n) is 13.1. The van der Waals surface area contributed by atoms with Gasteiger partial charge < -0.3 is 20.9 Å². The van der Waals surface area contributed by atoms with Gasteiger partial charge in [0.05, 0.1) is 12.5 Å². The van der Waals surface area contributed by atoms with Gasteiger partial charge in [-0.2, -0.15) is 0 Å². The number of nitrogens with one attached hydrogen (secondary N) is 3. The van der Waals surface area contributed by atoms with E-state index < -0.39 is 6.04 Å². The maximum atomic E-state index is 14.2. The number of carbonyl (C=O) groups excluding carboxylic acids is 4.